The molecule has 0 aliphatic heterocycles. The molecule has 0 radical (unpaired) electrons. The molecule has 702 valence electrons. The Morgan fingerprint density at radius 1 is 0.248 bits per heavy atom. The highest BCUT2D eigenvalue weighted by Gasteiger charge is 2.42. The average Bonchev–Trinajstić information content (AvgIpc) is 0.745. The zero-order valence-corrected chi connectivity index (χ0v) is 62.8. The van der Waals surface area contributed by atoms with Gasteiger partial charge in [-0.15, -0.1) is 0 Å². The molecule has 0 saturated heterocycles. The lowest BCUT2D eigenvalue weighted by Gasteiger charge is -2.28. The molecule has 33 heteroatoms. The summed E-state index contributed by atoms with van der Waals surface area (Å²) in [5.41, 5.74) is 0. The number of unbranched alkanes of at least 4 members (excludes halogenated alkanes) is 9. The van der Waals surface area contributed by atoms with Gasteiger partial charge in [0.05, 0.1) is 104 Å². The lowest BCUT2D eigenvalue weighted by Crippen LogP contribution is -2.51. The minimum atomic E-state index is -2.83. The molecule has 0 heterocycles. The molecule has 0 aliphatic carbocycles. The second kappa shape index (κ2) is 121. The van der Waals surface area contributed by atoms with Crippen LogP contribution in [-0.2, 0) is 95.7 Å². The topological polar surface area (TPSA) is 335 Å². The van der Waals surface area contributed by atoms with Gasteiger partial charge in [-0.05, 0) is 59.7 Å². The third-order valence-corrected chi connectivity index (χ3v) is 24.9. The Hall–Kier alpha value is -0.0356. The van der Waals surface area contributed by atoms with E-state index in [1.807, 2.05) is 40.4 Å². The average molecular weight is 1710 g/mol. The highest BCUT2D eigenvalue weighted by Crippen LogP contribution is 2.14. The van der Waals surface area contributed by atoms with E-state index in [0.717, 1.165) is 13.0 Å². The Bertz CT molecular complexity index is 1400. The molecule has 0 fully saturated rings. The van der Waals surface area contributed by atoms with E-state index in [0.29, 0.717) is 64.9 Å². The van der Waals surface area contributed by atoms with Crippen molar-refractivity contribution >= 4 is 43.3 Å². The fourth-order valence-electron chi connectivity index (χ4n) is 7.12. The minimum absolute atomic E-state index is 0. The molecule has 0 amide bonds. The van der Waals surface area contributed by atoms with Crippen LogP contribution in [0.1, 0.15) is 253 Å². The number of ether oxygens (including phenoxy) is 9. The van der Waals surface area contributed by atoms with Gasteiger partial charge >= 0.3 is 35.0 Å². The zero-order valence-electron chi connectivity index (χ0n) is 57.8. The molecule has 0 saturated carbocycles. The molecule has 109 heavy (non-hydrogen) atoms. The summed E-state index contributed by atoms with van der Waals surface area (Å²) in [7, 11) is 1.50. The summed E-state index contributed by atoms with van der Waals surface area (Å²) in [6.07, 6.45) is 11.9. The van der Waals surface area contributed by atoms with E-state index in [2.05, 4.69) is 6.92 Å². The molecule has 0 aromatic carbocycles. The molecule has 0 aliphatic rings. The van der Waals surface area contributed by atoms with Gasteiger partial charge in [0.1, 0.15) is 37.0 Å². The molecular formula is C76H210O28Si5. The Balaban J connectivity index is -0.0000000392. The van der Waals surface area contributed by atoms with Crippen LogP contribution < -0.4 is 0 Å². The van der Waals surface area contributed by atoms with Crippen LogP contribution in [0, 0.1) is 0 Å². The largest absolute Gasteiger partial charge is 0.528 e. The van der Waals surface area contributed by atoms with Gasteiger partial charge in [0, 0.05) is 104 Å². The summed E-state index contributed by atoms with van der Waals surface area (Å²) >= 11 is 0. The Morgan fingerprint density at radius 2 is 0.523 bits per heavy atom. The molecule has 5 unspecified atom stereocenters. The Kier molecular flexibility index (Phi) is 196. The fraction of sp³-hybridized carbons (Fsp3) is 1.00. The maximum atomic E-state index is 10.0. The molecule has 0 aromatic rings. The first-order valence-electron chi connectivity index (χ1n) is 31.3. The van der Waals surface area contributed by atoms with Gasteiger partial charge in [-0.2, -0.15) is 0 Å². The second-order valence-corrected chi connectivity index (χ2v) is 36.8. The third kappa shape index (κ3) is 108. The van der Waals surface area contributed by atoms with Crippen LogP contribution in [0.4, 0.5) is 0 Å². The van der Waals surface area contributed by atoms with Crippen LogP contribution in [0.15, 0.2) is 0 Å². The molecule has 28 nitrogen and oxygen atoms in total. The van der Waals surface area contributed by atoms with Gasteiger partial charge < -0.3 is 131 Å². The number of hydrogen-bond acceptors (Lipinski definition) is 28. The SMILES string of the molecule is C.C.C.C.C.C.C.C.C.C.C.C.C.C.C.C.C.C.C.C.CCCCCCCCCCCCOCCOCC(O)COC[Si](OCC)(OCC)OCC.CO[Si](C)(C)COCC(O)COCCC(O)COC[Si](OC)(OC)OC.CO[Si](C)(COCC(O)CCO)OC.CO[Si](COCC(O)COCCO)(OC)OC. The molecular weight excluding hydrogens is 1500 g/mol. The number of aliphatic hydroxyl groups excluding tert-OH is 7. The third-order valence-electron chi connectivity index (χ3n) is 12.8. The van der Waals surface area contributed by atoms with E-state index in [-0.39, 0.29) is 240 Å². The van der Waals surface area contributed by atoms with Crippen LogP contribution in [0.5, 0.6) is 0 Å². The summed E-state index contributed by atoms with van der Waals surface area (Å²) < 4.78 is 112. The lowest BCUT2D eigenvalue weighted by atomic mass is 10.1. The van der Waals surface area contributed by atoms with Crippen LogP contribution in [0.25, 0.3) is 0 Å². The van der Waals surface area contributed by atoms with E-state index in [4.69, 9.17) is 106 Å². The van der Waals surface area contributed by atoms with Crippen LogP contribution >= 0.6 is 0 Å². The van der Waals surface area contributed by atoms with Crippen molar-refractivity contribution in [1.82, 2.24) is 0 Å². The molecule has 7 N–H and O–H groups in total. The first-order valence-corrected chi connectivity index (χ1v) is 42.7. The summed E-state index contributed by atoms with van der Waals surface area (Å²) in [6, 6.07) is 0. The lowest BCUT2D eigenvalue weighted by molar-refractivity contribution is -0.0376. The summed E-state index contributed by atoms with van der Waals surface area (Å²) in [6.45, 7) is 18.9. The van der Waals surface area contributed by atoms with Crippen LogP contribution in [-0.4, -0.2) is 324 Å². The van der Waals surface area contributed by atoms with Crippen LogP contribution in [0.2, 0.25) is 19.6 Å². The predicted octanol–water partition coefficient (Wildman–Crippen LogP) is 16.0. The monoisotopic (exact) mass is 1710 g/mol. The first kappa shape index (κ1) is 176. The summed E-state index contributed by atoms with van der Waals surface area (Å²) in [5, 5.41) is 65.4. The minimum Gasteiger partial charge on any atom is -0.418 e. The van der Waals surface area contributed by atoms with Crippen molar-refractivity contribution in [3.8, 4) is 0 Å². The number of hydrogen-bond donors (Lipinski definition) is 7. The Labute approximate surface area is 689 Å². The molecule has 5 atom stereocenters. The van der Waals surface area contributed by atoms with Crippen molar-refractivity contribution in [1.29, 1.82) is 0 Å². The summed E-state index contributed by atoms with van der Waals surface area (Å²) in [4.78, 5) is 0. The highest BCUT2D eigenvalue weighted by atomic mass is 28.4. The molecule has 0 aromatic heterocycles. The van der Waals surface area contributed by atoms with Crippen molar-refractivity contribution < 1.29 is 131 Å². The van der Waals surface area contributed by atoms with Crippen molar-refractivity contribution in [2.24, 2.45) is 0 Å². The first-order chi connectivity index (χ1) is 42.6. The fourth-order valence-corrected chi connectivity index (χ4v) is 13.4. The number of rotatable bonds is 62. The molecule has 0 spiro atoms. The Morgan fingerprint density at radius 3 is 0.835 bits per heavy atom. The molecule has 0 rings (SSSR count). The summed E-state index contributed by atoms with van der Waals surface area (Å²) in [5.74, 6) is 0. The van der Waals surface area contributed by atoms with E-state index in [9.17, 15) is 25.5 Å². The van der Waals surface area contributed by atoms with E-state index in [1.165, 1.54) is 100 Å². The van der Waals surface area contributed by atoms with Crippen molar-refractivity contribution in [2.75, 3.05) is 214 Å². The van der Waals surface area contributed by atoms with Crippen molar-refractivity contribution in [3.05, 3.63) is 0 Å². The second-order valence-electron chi connectivity index (χ2n) is 21.0. The van der Waals surface area contributed by atoms with Crippen LogP contribution in [0.3, 0.4) is 0 Å². The molecule has 0 bridgehead atoms. The van der Waals surface area contributed by atoms with Gasteiger partial charge in [0.15, 0.2) is 0 Å². The zero-order chi connectivity index (χ0) is 68.0. The van der Waals surface area contributed by atoms with E-state index in [1.54, 1.807) is 21.3 Å². The van der Waals surface area contributed by atoms with Gasteiger partial charge in [-0.1, -0.05) is 213 Å². The van der Waals surface area contributed by atoms with Crippen molar-refractivity contribution in [2.45, 2.75) is 303 Å². The van der Waals surface area contributed by atoms with Gasteiger partial charge in [-0.3, -0.25) is 0 Å². The van der Waals surface area contributed by atoms with E-state index >= 15 is 0 Å². The van der Waals surface area contributed by atoms with Crippen molar-refractivity contribution in [3.63, 3.8) is 0 Å². The van der Waals surface area contributed by atoms with Gasteiger partial charge in [-0.25, -0.2) is 0 Å². The number of aliphatic hydroxyl groups is 7. The maximum Gasteiger partial charge on any atom is 0.528 e. The van der Waals surface area contributed by atoms with Gasteiger partial charge in [0.2, 0.25) is 8.32 Å². The quantitative estimate of drug-likeness (QED) is 0.0220. The smallest absolute Gasteiger partial charge is 0.418 e. The van der Waals surface area contributed by atoms with Gasteiger partial charge in [0.25, 0.3) is 0 Å². The highest BCUT2D eigenvalue weighted by molar-refractivity contribution is 6.71. The van der Waals surface area contributed by atoms with E-state index < -0.39 is 73.8 Å². The standard InChI is InChI=1S/C24H52O7Si.C15H36O9Si2.C9H22O7Si.C8H20O5Si.20CH4/c1-5-9-10-11-12-13-14-15-16-17-18-26-19-20-27-21-24(25)22-28-23-32(29-6-2,30-7-3)31-8-4;1-18-25(5,6)12-23-11-15(17)10-22-8-7-14(16)9-24-13-26(19-2,20-3)21-4;1-12-17(13-2,14-3)8-16-7-9(11)6-15-5-4-10;1-11-14(3,12-2)7-13-6-8(10)4-5-9;;;;;;;;;;;;;;;;;;;;/h24-25H,5-23H2,1-4H3;14-17H,7-13H2,1-6H3;9-11H,4-8H2,1-3H3;8-10H,4-7H2,1-3H3;20*1H4. The predicted molar refractivity (Wildman–Crippen MR) is 482 cm³/mol. The normalized spacial score (nSPS) is 11.5. The maximum absolute atomic E-state index is 10.0.